The number of hydrazine groups is 1. The second-order valence-electron chi connectivity index (χ2n) is 7.46. The zero-order valence-electron chi connectivity index (χ0n) is 18.1. The molecule has 4 rings (SSSR count). The highest BCUT2D eigenvalue weighted by Gasteiger charge is 2.47. The molecule has 1 saturated heterocycles. The van der Waals surface area contributed by atoms with E-state index in [9.17, 15) is 9.59 Å². The second kappa shape index (κ2) is 9.87. The number of amides is 2. The van der Waals surface area contributed by atoms with Gasteiger partial charge in [0.2, 0.25) is 12.3 Å². The monoisotopic (exact) mass is 508 g/mol. The number of nitrogens with one attached hydrogen (secondary N) is 2. The minimum absolute atomic E-state index is 0.300. The zero-order chi connectivity index (χ0) is 23.4. The van der Waals surface area contributed by atoms with Gasteiger partial charge in [0, 0.05) is 21.2 Å². The summed E-state index contributed by atoms with van der Waals surface area (Å²) in [6.45, 7) is 0. The molecule has 168 valence electrons. The van der Waals surface area contributed by atoms with Crippen molar-refractivity contribution < 1.29 is 23.7 Å². The van der Waals surface area contributed by atoms with E-state index < -0.39 is 12.1 Å². The Morgan fingerprint density at radius 2 is 1.52 bits per heavy atom. The molecule has 1 aliphatic rings. The van der Waals surface area contributed by atoms with Crippen molar-refractivity contribution in [1.82, 2.24) is 10.7 Å². The van der Waals surface area contributed by atoms with Crippen LogP contribution in [0.15, 0.2) is 77.3 Å². The van der Waals surface area contributed by atoms with E-state index in [2.05, 4.69) is 26.7 Å². The third-order valence-electron chi connectivity index (χ3n) is 5.39. The summed E-state index contributed by atoms with van der Waals surface area (Å²) in [5.41, 5.74) is 5.07. The molecule has 2 N–H and O–H groups in total. The lowest BCUT2D eigenvalue weighted by Gasteiger charge is -2.15. The van der Waals surface area contributed by atoms with Gasteiger partial charge in [0.25, 0.3) is 5.91 Å². The van der Waals surface area contributed by atoms with Gasteiger partial charge in [-0.2, -0.15) is 0 Å². The number of ether oxygens (including phenoxy) is 2. The first-order chi connectivity index (χ1) is 16.0. The Balaban J connectivity index is 1.67. The van der Waals surface area contributed by atoms with Gasteiger partial charge in [-0.1, -0.05) is 15.9 Å². The molecule has 1 aliphatic heterocycles. The quantitative estimate of drug-likeness (QED) is 0.499. The molecule has 1 fully saturated rings. The number of hydrogen-bond acceptors (Lipinski definition) is 4. The first-order valence-corrected chi connectivity index (χ1v) is 11.1. The van der Waals surface area contributed by atoms with Gasteiger partial charge in [0.1, 0.15) is 11.5 Å². The molecule has 0 aliphatic carbocycles. The molecule has 8 heteroatoms. The van der Waals surface area contributed by atoms with Gasteiger partial charge in [-0.15, -0.1) is 10.1 Å². The van der Waals surface area contributed by atoms with Gasteiger partial charge in [-0.05, 0) is 72.8 Å². The van der Waals surface area contributed by atoms with Gasteiger partial charge in [-0.25, -0.2) is 0 Å². The van der Waals surface area contributed by atoms with Crippen molar-refractivity contribution in [3.8, 4) is 11.5 Å². The van der Waals surface area contributed by atoms with Crippen LogP contribution in [0.4, 0.5) is 0 Å². The lowest BCUT2D eigenvalue weighted by atomic mass is 9.99. The third kappa shape index (κ3) is 5.06. The van der Waals surface area contributed by atoms with E-state index in [1.807, 2.05) is 54.7 Å². The van der Waals surface area contributed by atoms with E-state index in [-0.39, 0.29) is 11.8 Å². The molecule has 0 bridgehead atoms. The van der Waals surface area contributed by atoms with Crippen molar-refractivity contribution >= 4 is 34.0 Å². The average molecular weight is 509 g/mol. The highest BCUT2D eigenvalue weighted by molar-refractivity contribution is 9.10. The van der Waals surface area contributed by atoms with E-state index in [4.69, 9.17) is 9.47 Å². The smallest absolute Gasteiger partial charge is 0.304 e. The second-order valence-corrected chi connectivity index (χ2v) is 8.38. The fourth-order valence-corrected chi connectivity index (χ4v) is 3.92. The summed E-state index contributed by atoms with van der Waals surface area (Å²) >= 11 is 3.43. The maximum atomic E-state index is 13.0. The van der Waals surface area contributed by atoms with Crippen LogP contribution in [0.3, 0.4) is 0 Å². The molecule has 0 spiro atoms. The fraction of sp³-hybridized carbons (Fsp3) is 0.160. The molecule has 3 aromatic carbocycles. The van der Waals surface area contributed by atoms with Crippen LogP contribution in [0.2, 0.25) is 0 Å². The predicted octanol–water partition coefficient (Wildman–Crippen LogP) is 3.48. The first-order valence-electron chi connectivity index (χ1n) is 10.3. The molecular weight excluding hydrogens is 486 g/mol. The first kappa shape index (κ1) is 22.5. The summed E-state index contributed by atoms with van der Waals surface area (Å²) < 4.78 is 13.1. The van der Waals surface area contributed by atoms with Crippen LogP contribution in [0.25, 0.3) is 0 Å². The largest absolute Gasteiger partial charge is 0.497 e. The van der Waals surface area contributed by atoms with Gasteiger partial charge in [0.15, 0.2) is 6.04 Å². The number of methoxy groups -OCH3 is 2. The van der Waals surface area contributed by atoms with Gasteiger partial charge in [0.05, 0.1) is 14.2 Å². The van der Waals surface area contributed by atoms with Crippen LogP contribution in [-0.2, 0) is 4.79 Å². The Morgan fingerprint density at radius 1 is 0.939 bits per heavy atom. The molecule has 7 nitrogen and oxygen atoms in total. The lowest BCUT2D eigenvalue weighted by molar-refractivity contribution is -0.596. The van der Waals surface area contributed by atoms with E-state index >= 15 is 0 Å². The number of rotatable bonds is 6. The van der Waals surface area contributed by atoms with Gasteiger partial charge >= 0.3 is 5.91 Å². The maximum absolute atomic E-state index is 13.0. The summed E-state index contributed by atoms with van der Waals surface area (Å²) in [7, 11) is 3.16. The standard InChI is InChI=1S/C25H22BrN3O4/c1-32-20-11-5-17(6-12-20)23-22(27-24(30)18-7-13-21(33-2)14-8-18)25(31)28-29(23)15-16-3-9-19(26)10-4-16/h3-15,22-23H,1-2H3,(H-,27,28,30,31)/p+1/b29-15-/t22-,23-/m1/s1. The predicted molar refractivity (Wildman–Crippen MR) is 128 cm³/mol. The van der Waals surface area contributed by atoms with E-state index in [1.165, 1.54) is 0 Å². The van der Waals surface area contributed by atoms with Crippen LogP contribution >= 0.6 is 15.9 Å². The fourth-order valence-electron chi connectivity index (χ4n) is 3.66. The van der Waals surface area contributed by atoms with Gasteiger partial charge < -0.3 is 14.8 Å². The van der Waals surface area contributed by atoms with Gasteiger partial charge in [-0.3, -0.25) is 9.59 Å². The minimum atomic E-state index is -0.806. The van der Waals surface area contributed by atoms with Crippen LogP contribution in [0, 0.1) is 0 Å². The topological polar surface area (TPSA) is 79.7 Å². The molecule has 0 aromatic heterocycles. The number of carbonyl (C=O) groups is 2. The van der Waals surface area contributed by atoms with Crippen LogP contribution in [0.5, 0.6) is 11.5 Å². The molecule has 0 saturated carbocycles. The number of benzene rings is 3. The average Bonchev–Trinajstić information content (AvgIpc) is 3.14. The SMILES string of the molecule is COc1ccc(C(=O)N[C@H]2C(=O)N/[N+](=C\c3ccc(Br)cc3)[C@@H]2c2ccc(OC)cc2)cc1. The number of halogens is 1. The third-order valence-corrected chi connectivity index (χ3v) is 5.92. The molecule has 2 amide bonds. The Bertz CT molecular complexity index is 1180. The molecule has 33 heavy (non-hydrogen) atoms. The van der Waals surface area contributed by atoms with Crippen molar-refractivity contribution in [2.24, 2.45) is 0 Å². The van der Waals surface area contributed by atoms with Crippen LogP contribution in [-0.4, -0.2) is 43.0 Å². The summed E-state index contributed by atoms with van der Waals surface area (Å²) in [4.78, 5) is 25.9. The molecule has 2 atom stereocenters. The lowest BCUT2D eigenvalue weighted by Crippen LogP contribution is -2.42. The minimum Gasteiger partial charge on any atom is -0.497 e. The number of nitrogens with zero attached hydrogens (tertiary/aromatic N) is 1. The highest BCUT2D eigenvalue weighted by Crippen LogP contribution is 2.27. The summed E-state index contributed by atoms with van der Waals surface area (Å²) in [6.07, 6.45) is 1.85. The highest BCUT2D eigenvalue weighted by atomic mass is 79.9. The Labute approximate surface area is 200 Å². The van der Waals surface area contributed by atoms with E-state index in [0.29, 0.717) is 17.1 Å². The van der Waals surface area contributed by atoms with Crippen molar-refractivity contribution in [1.29, 1.82) is 0 Å². The Kier molecular flexibility index (Phi) is 6.74. The number of hydrogen-bond donors (Lipinski definition) is 2. The van der Waals surface area contributed by atoms with Crippen molar-refractivity contribution in [3.63, 3.8) is 0 Å². The maximum Gasteiger partial charge on any atom is 0.304 e. The van der Waals surface area contributed by atoms with Crippen molar-refractivity contribution in [2.75, 3.05) is 14.2 Å². The van der Waals surface area contributed by atoms with Crippen molar-refractivity contribution in [3.05, 3.63) is 94.0 Å². The van der Waals surface area contributed by atoms with Crippen molar-refractivity contribution in [2.45, 2.75) is 12.1 Å². The molecule has 1 heterocycles. The van der Waals surface area contributed by atoms with E-state index in [0.717, 1.165) is 15.6 Å². The molecule has 3 aromatic rings. The Morgan fingerprint density at radius 3 is 2.09 bits per heavy atom. The number of carbonyl (C=O) groups excluding carboxylic acids is 2. The normalized spacial score (nSPS) is 18.6. The Hall–Kier alpha value is -3.65. The van der Waals surface area contributed by atoms with Crippen LogP contribution in [0.1, 0.15) is 27.5 Å². The van der Waals surface area contributed by atoms with E-state index in [1.54, 1.807) is 43.2 Å². The molecular formula is C25H23BrN3O4+. The summed E-state index contributed by atoms with van der Waals surface area (Å²) in [5, 5.41) is 2.89. The molecule has 0 radical (unpaired) electrons. The number of hydrazone groups is 1. The zero-order valence-corrected chi connectivity index (χ0v) is 19.7. The van der Waals surface area contributed by atoms with Crippen LogP contribution < -0.4 is 20.2 Å². The summed E-state index contributed by atoms with van der Waals surface area (Å²) in [5.74, 6) is 0.711. The molecule has 0 unspecified atom stereocenters. The summed E-state index contributed by atoms with van der Waals surface area (Å²) in [6, 6.07) is 20.6.